The van der Waals surface area contributed by atoms with E-state index >= 15 is 0 Å². The zero-order valence-electron chi connectivity index (χ0n) is 15.4. The smallest absolute Gasteiger partial charge is 0.191 e. The molecule has 0 atom stereocenters. The van der Waals surface area contributed by atoms with Gasteiger partial charge in [-0.1, -0.05) is 12.8 Å². The summed E-state index contributed by atoms with van der Waals surface area (Å²) >= 11 is 0. The van der Waals surface area contributed by atoms with Crippen molar-refractivity contribution < 1.29 is 9.47 Å². The molecule has 2 rings (SSSR count). The van der Waals surface area contributed by atoms with Crippen molar-refractivity contribution in [1.29, 1.82) is 0 Å². The zero-order chi connectivity index (χ0) is 16.9. The van der Waals surface area contributed by atoms with Gasteiger partial charge in [0.05, 0.1) is 19.3 Å². The number of guanidine groups is 1. The second-order valence-corrected chi connectivity index (χ2v) is 6.63. The number of ether oxygens (including phenoxy) is 2. The van der Waals surface area contributed by atoms with E-state index in [4.69, 9.17) is 9.47 Å². The van der Waals surface area contributed by atoms with Crippen molar-refractivity contribution >= 4 is 5.96 Å². The van der Waals surface area contributed by atoms with Crippen LogP contribution in [-0.4, -0.2) is 76.1 Å². The first-order valence-electron chi connectivity index (χ1n) is 9.82. The summed E-state index contributed by atoms with van der Waals surface area (Å²) in [5, 5.41) is 6.75. The van der Waals surface area contributed by atoms with E-state index in [1.807, 2.05) is 0 Å². The van der Waals surface area contributed by atoms with Gasteiger partial charge in [-0.25, -0.2) is 0 Å². The first-order valence-corrected chi connectivity index (χ1v) is 9.82. The number of nitrogens with zero attached hydrogens (tertiary/aromatic N) is 2. The highest BCUT2D eigenvalue weighted by Crippen LogP contribution is 2.20. The van der Waals surface area contributed by atoms with Gasteiger partial charge in [-0.05, 0) is 39.2 Å². The zero-order valence-corrected chi connectivity index (χ0v) is 15.4. The topological polar surface area (TPSA) is 58.1 Å². The number of hydrogen-bond acceptors (Lipinski definition) is 4. The lowest BCUT2D eigenvalue weighted by Crippen LogP contribution is -2.40. The highest BCUT2D eigenvalue weighted by Gasteiger charge is 2.14. The van der Waals surface area contributed by atoms with Gasteiger partial charge in [-0.3, -0.25) is 9.89 Å². The Morgan fingerprint density at radius 2 is 1.96 bits per heavy atom. The van der Waals surface area contributed by atoms with Gasteiger partial charge in [0.15, 0.2) is 5.96 Å². The average molecular weight is 341 g/mol. The van der Waals surface area contributed by atoms with Crippen LogP contribution in [0.4, 0.5) is 0 Å². The summed E-state index contributed by atoms with van der Waals surface area (Å²) in [5.74, 6) is 0.931. The highest BCUT2D eigenvalue weighted by molar-refractivity contribution is 5.79. The maximum atomic E-state index is 5.88. The summed E-state index contributed by atoms with van der Waals surface area (Å²) in [5.41, 5.74) is 0. The lowest BCUT2D eigenvalue weighted by atomic mass is 10.3. The molecule has 140 valence electrons. The molecule has 2 fully saturated rings. The van der Waals surface area contributed by atoms with Crippen molar-refractivity contribution in [2.75, 3.05) is 59.1 Å². The molecule has 6 nitrogen and oxygen atoms in total. The molecule has 0 bridgehead atoms. The van der Waals surface area contributed by atoms with Crippen LogP contribution >= 0.6 is 0 Å². The predicted molar refractivity (Wildman–Crippen MR) is 98.7 cm³/mol. The third kappa shape index (κ3) is 8.31. The molecule has 0 aromatic carbocycles. The van der Waals surface area contributed by atoms with Crippen molar-refractivity contribution in [2.45, 2.75) is 51.6 Å². The Morgan fingerprint density at radius 1 is 1.17 bits per heavy atom. The molecule has 2 N–H and O–H groups in total. The third-order valence-electron chi connectivity index (χ3n) is 4.62. The fraction of sp³-hybridized carbons (Fsp3) is 0.944. The van der Waals surface area contributed by atoms with Gasteiger partial charge in [0.2, 0.25) is 0 Å². The Bertz CT molecular complexity index is 340. The number of rotatable bonds is 10. The Morgan fingerprint density at radius 3 is 2.71 bits per heavy atom. The standard InChI is InChI=1S/C18H36N4O2/c1-2-19-18(20-9-5-11-22-12-15-23-16-13-22)21-10-6-14-24-17-7-3-4-8-17/h17H,2-16H2,1H3,(H2,19,20,21). The van der Waals surface area contributed by atoms with E-state index in [1.165, 1.54) is 25.7 Å². The van der Waals surface area contributed by atoms with Gasteiger partial charge < -0.3 is 20.1 Å². The maximum Gasteiger partial charge on any atom is 0.191 e. The first-order chi connectivity index (χ1) is 11.9. The Balaban J connectivity index is 1.52. The van der Waals surface area contributed by atoms with E-state index in [0.717, 1.165) is 77.9 Å². The van der Waals surface area contributed by atoms with Crippen LogP contribution in [0.25, 0.3) is 0 Å². The van der Waals surface area contributed by atoms with E-state index in [1.54, 1.807) is 0 Å². The molecule has 0 amide bonds. The second-order valence-electron chi connectivity index (χ2n) is 6.63. The number of aliphatic imine (C=N–C) groups is 1. The molecule has 0 spiro atoms. The molecule has 0 radical (unpaired) electrons. The average Bonchev–Trinajstić information content (AvgIpc) is 3.12. The SMILES string of the molecule is CCNC(=NCCCOC1CCCC1)NCCCN1CCOCC1. The van der Waals surface area contributed by atoms with Gasteiger partial charge in [0.1, 0.15) is 0 Å². The third-order valence-corrected chi connectivity index (χ3v) is 4.62. The molecule has 6 heteroatoms. The summed E-state index contributed by atoms with van der Waals surface area (Å²) in [7, 11) is 0. The molecular formula is C18H36N4O2. The van der Waals surface area contributed by atoms with E-state index in [0.29, 0.717) is 6.10 Å². The molecule has 24 heavy (non-hydrogen) atoms. The van der Waals surface area contributed by atoms with Gasteiger partial charge >= 0.3 is 0 Å². The minimum Gasteiger partial charge on any atom is -0.379 e. The molecule has 1 heterocycles. The van der Waals surface area contributed by atoms with Crippen LogP contribution < -0.4 is 10.6 Å². The van der Waals surface area contributed by atoms with Crippen LogP contribution in [0, 0.1) is 0 Å². The van der Waals surface area contributed by atoms with Gasteiger partial charge in [0.25, 0.3) is 0 Å². The molecular weight excluding hydrogens is 304 g/mol. The van der Waals surface area contributed by atoms with Gasteiger partial charge in [-0.2, -0.15) is 0 Å². The number of nitrogens with one attached hydrogen (secondary N) is 2. The van der Waals surface area contributed by atoms with Crippen molar-refractivity contribution in [2.24, 2.45) is 4.99 Å². The van der Waals surface area contributed by atoms with Crippen LogP contribution in [0.15, 0.2) is 4.99 Å². The molecule has 0 aromatic heterocycles. The van der Waals surface area contributed by atoms with Crippen molar-refractivity contribution in [1.82, 2.24) is 15.5 Å². The first kappa shape index (κ1) is 19.5. The molecule has 1 saturated heterocycles. The van der Waals surface area contributed by atoms with Crippen LogP contribution in [0.1, 0.15) is 45.4 Å². The van der Waals surface area contributed by atoms with E-state index in [2.05, 4.69) is 27.4 Å². The maximum absolute atomic E-state index is 5.88. The Hall–Kier alpha value is -0.850. The quantitative estimate of drug-likeness (QED) is 0.359. The minimum absolute atomic E-state index is 0.514. The molecule has 1 saturated carbocycles. The van der Waals surface area contributed by atoms with Crippen LogP contribution in [0.5, 0.6) is 0 Å². The molecule has 0 aromatic rings. The van der Waals surface area contributed by atoms with E-state index in [9.17, 15) is 0 Å². The molecule has 2 aliphatic rings. The van der Waals surface area contributed by atoms with Crippen LogP contribution in [-0.2, 0) is 9.47 Å². The number of morpholine rings is 1. The van der Waals surface area contributed by atoms with Gasteiger partial charge in [0, 0.05) is 39.3 Å². The van der Waals surface area contributed by atoms with Crippen LogP contribution in [0.2, 0.25) is 0 Å². The Labute approximate surface area is 147 Å². The van der Waals surface area contributed by atoms with Crippen LogP contribution in [0.3, 0.4) is 0 Å². The normalized spacial score (nSPS) is 20.5. The summed E-state index contributed by atoms with van der Waals surface area (Å²) < 4.78 is 11.3. The minimum atomic E-state index is 0.514. The number of hydrogen-bond donors (Lipinski definition) is 2. The van der Waals surface area contributed by atoms with Crippen molar-refractivity contribution in [3.8, 4) is 0 Å². The molecule has 1 aliphatic heterocycles. The molecule has 0 unspecified atom stereocenters. The summed E-state index contributed by atoms with van der Waals surface area (Å²) in [6.45, 7) is 10.6. The summed E-state index contributed by atoms with van der Waals surface area (Å²) in [4.78, 5) is 7.11. The monoisotopic (exact) mass is 340 g/mol. The van der Waals surface area contributed by atoms with Crippen molar-refractivity contribution in [3.63, 3.8) is 0 Å². The largest absolute Gasteiger partial charge is 0.379 e. The van der Waals surface area contributed by atoms with E-state index in [-0.39, 0.29) is 0 Å². The van der Waals surface area contributed by atoms with Crippen molar-refractivity contribution in [3.05, 3.63) is 0 Å². The predicted octanol–water partition coefficient (Wildman–Crippen LogP) is 1.61. The highest BCUT2D eigenvalue weighted by atomic mass is 16.5. The lowest BCUT2D eigenvalue weighted by molar-refractivity contribution is 0.0376. The van der Waals surface area contributed by atoms with E-state index < -0.39 is 0 Å². The van der Waals surface area contributed by atoms with Gasteiger partial charge in [-0.15, -0.1) is 0 Å². The lowest BCUT2D eigenvalue weighted by Gasteiger charge is -2.26. The Kier molecular flexibility index (Phi) is 10.1. The summed E-state index contributed by atoms with van der Waals surface area (Å²) in [6, 6.07) is 0. The fourth-order valence-electron chi connectivity index (χ4n) is 3.24. The molecule has 1 aliphatic carbocycles. The second kappa shape index (κ2) is 12.5. The fourth-order valence-corrected chi connectivity index (χ4v) is 3.24. The summed E-state index contributed by atoms with van der Waals surface area (Å²) in [6.07, 6.45) is 7.81.